The van der Waals surface area contributed by atoms with Gasteiger partial charge in [0, 0.05) is 41.1 Å². The quantitative estimate of drug-likeness (QED) is 0.400. The fraction of sp³-hybridized carbons (Fsp3) is 0.269. The van der Waals surface area contributed by atoms with E-state index in [-0.39, 0.29) is 30.0 Å². The minimum Gasteiger partial charge on any atom is -0.348 e. The van der Waals surface area contributed by atoms with Crippen molar-refractivity contribution in [2.45, 2.75) is 31.2 Å². The Kier molecular flexibility index (Phi) is 7.72. The van der Waals surface area contributed by atoms with Gasteiger partial charge in [0.25, 0.3) is 5.91 Å². The van der Waals surface area contributed by atoms with Crippen LogP contribution in [0.3, 0.4) is 0 Å². The molecule has 1 aliphatic heterocycles. The van der Waals surface area contributed by atoms with Gasteiger partial charge in [-0.05, 0) is 29.8 Å². The van der Waals surface area contributed by atoms with Gasteiger partial charge < -0.3 is 20.1 Å². The fourth-order valence-corrected chi connectivity index (χ4v) is 4.58. The highest BCUT2D eigenvalue weighted by atomic mass is 79.9. The third-order valence-electron chi connectivity index (χ3n) is 6.12. The normalized spacial score (nSPS) is 14.6. The number of alkyl halides is 3. The molecule has 0 aliphatic carbocycles. The number of likely N-dealkylation sites (tertiary alicyclic amines) is 1. The van der Waals surface area contributed by atoms with Gasteiger partial charge in [0.05, 0.1) is 11.6 Å². The largest absolute Gasteiger partial charge is 0.408 e. The SMILES string of the molecule is C=CC(=O)N1CC(NC(=O)Cn2cc(C(=O)NC(Cc3ccccc3)C(F)(F)F)c3cc(Br)ccc32)C1. The lowest BCUT2D eigenvalue weighted by molar-refractivity contribution is -0.153. The maximum absolute atomic E-state index is 13.8. The van der Waals surface area contributed by atoms with Crippen LogP contribution in [-0.4, -0.2) is 58.5 Å². The molecule has 4 rings (SSSR count). The Balaban J connectivity index is 1.52. The lowest BCUT2D eigenvalue weighted by Gasteiger charge is -2.38. The first-order valence-electron chi connectivity index (χ1n) is 11.5. The van der Waals surface area contributed by atoms with Crippen molar-refractivity contribution in [1.82, 2.24) is 20.1 Å². The molecule has 37 heavy (non-hydrogen) atoms. The van der Waals surface area contributed by atoms with Crippen LogP contribution in [-0.2, 0) is 22.6 Å². The van der Waals surface area contributed by atoms with E-state index < -0.39 is 24.5 Å². The van der Waals surface area contributed by atoms with Crippen LogP contribution in [0.2, 0.25) is 0 Å². The summed E-state index contributed by atoms with van der Waals surface area (Å²) in [4.78, 5) is 38.9. The summed E-state index contributed by atoms with van der Waals surface area (Å²) in [5.41, 5.74) is 0.987. The van der Waals surface area contributed by atoms with E-state index in [1.54, 1.807) is 48.5 Å². The molecule has 2 heterocycles. The molecule has 3 amide bonds. The summed E-state index contributed by atoms with van der Waals surface area (Å²) < 4.78 is 43.5. The molecule has 11 heteroatoms. The second-order valence-corrected chi connectivity index (χ2v) is 9.72. The van der Waals surface area contributed by atoms with Crippen LogP contribution in [0.4, 0.5) is 13.2 Å². The topological polar surface area (TPSA) is 83.4 Å². The number of nitrogens with zero attached hydrogens (tertiary/aromatic N) is 2. The van der Waals surface area contributed by atoms with Crippen molar-refractivity contribution in [2.75, 3.05) is 13.1 Å². The molecule has 2 aromatic carbocycles. The Morgan fingerprint density at radius 1 is 1.14 bits per heavy atom. The van der Waals surface area contributed by atoms with E-state index in [0.717, 1.165) is 0 Å². The van der Waals surface area contributed by atoms with Crippen LogP contribution in [0.15, 0.2) is 71.9 Å². The highest BCUT2D eigenvalue weighted by molar-refractivity contribution is 9.10. The molecule has 3 aromatic rings. The first-order chi connectivity index (χ1) is 17.5. The molecule has 1 aromatic heterocycles. The molecule has 1 saturated heterocycles. The number of hydrogen-bond acceptors (Lipinski definition) is 3. The van der Waals surface area contributed by atoms with Crippen LogP contribution in [0.25, 0.3) is 10.9 Å². The third kappa shape index (κ3) is 6.22. The van der Waals surface area contributed by atoms with Crippen molar-refractivity contribution in [3.05, 3.63) is 83.0 Å². The highest BCUT2D eigenvalue weighted by Crippen LogP contribution is 2.28. The number of carbonyl (C=O) groups excluding carboxylic acids is 3. The summed E-state index contributed by atoms with van der Waals surface area (Å²) >= 11 is 3.34. The van der Waals surface area contributed by atoms with Gasteiger partial charge in [-0.3, -0.25) is 14.4 Å². The predicted molar refractivity (Wildman–Crippen MR) is 136 cm³/mol. The van der Waals surface area contributed by atoms with E-state index in [4.69, 9.17) is 0 Å². The van der Waals surface area contributed by atoms with Gasteiger partial charge in [0.1, 0.15) is 12.6 Å². The molecular weight excluding hydrogens is 553 g/mol. The zero-order chi connectivity index (χ0) is 26.7. The predicted octanol–water partition coefficient (Wildman–Crippen LogP) is 3.82. The van der Waals surface area contributed by atoms with Gasteiger partial charge in [-0.15, -0.1) is 0 Å². The highest BCUT2D eigenvalue weighted by Gasteiger charge is 2.41. The van der Waals surface area contributed by atoms with Crippen LogP contribution in [0.1, 0.15) is 15.9 Å². The summed E-state index contributed by atoms with van der Waals surface area (Å²) in [6, 6.07) is 10.9. The Morgan fingerprint density at radius 3 is 2.49 bits per heavy atom. The van der Waals surface area contributed by atoms with Crippen molar-refractivity contribution < 1.29 is 27.6 Å². The van der Waals surface area contributed by atoms with E-state index >= 15 is 0 Å². The van der Waals surface area contributed by atoms with Crippen LogP contribution in [0, 0.1) is 0 Å². The number of nitrogens with one attached hydrogen (secondary N) is 2. The monoisotopic (exact) mass is 576 g/mol. The molecule has 194 valence electrons. The maximum atomic E-state index is 13.8. The first kappa shape index (κ1) is 26.5. The third-order valence-corrected chi connectivity index (χ3v) is 6.61. The molecule has 0 spiro atoms. The second kappa shape index (κ2) is 10.8. The molecule has 1 fully saturated rings. The van der Waals surface area contributed by atoms with Gasteiger partial charge in [-0.1, -0.05) is 52.8 Å². The summed E-state index contributed by atoms with van der Waals surface area (Å²) in [7, 11) is 0. The van der Waals surface area contributed by atoms with Gasteiger partial charge in [0.2, 0.25) is 11.8 Å². The molecule has 1 atom stereocenters. The Bertz CT molecular complexity index is 1330. The van der Waals surface area contributed by atoms with Crippen molar-refractivity contribution in [3.8, 4) is 0 Å². The molecule has 7 nitrogen and oxygen atoms in total. The average molecular weight is 577 g/mol. The van der Waals surface area contributed by atoms with E-state index in [0.29, 0.717) is 34.0 Å². The molecule has 1 unspecified atom stereocenters. The minimum atomic E-state index is -4.66. The molecular formula is C26H24BrF3N4O3. The second-order valence-electron chi connectivity index (χ2n) is 8.80. The number of aromatic nitrogens is 1. The van der Waals surface area contributed by atoms with Gasteiger partial charge in [-0.2, -0.15) is 13.2 Å². The standard InChI is InChI=1S/C26H24BrF3N4O3/c1-2-24(36)34-12-18(13-34)31-23(35)15-33-14-20(19-11-17(27)8-9-21(19)33)25(37)32-22(26(28,29)30)10-16-6-4-3-5-7-16/h2-9,11,14,18,22H,1,10,12-13,15H2,(H,31,35)(H,32,37). The number of fused-ring (bicyclic) bond motifs is 1. The van der Waals surface area contributed by atoms with E-state index in [2.05, 4.69) is 33.1 Å². The summed E-state index contributed by atoms with van der Waals surface area (Å²) in [5.74, 6) is -1.45. The first-order valence-corrected chi connectivity index (χ1v) is 12.2. The summed E-state index contributed by atoms with van der Waals surface area (Å²) in [5, 5.41) is 5.36. The summed E-state index contributed by atoms with van der Waals surface area (Å²) in [6.07, 6.45) is -2.48. The van der Waals surface area contributed by atoms with Gasteiger partial charge in [0.15, 0.2) is 0 Å². The van der Waals surface area contributed by atoms with E-state index in [1.807, 2.05) is 0 Å². The zero-order valence-corrected chi connectivity index (χ0v) is 21.2. The lowest BCUT2D eigenvalue weighted by atomic mass is 10.0. The Morgan fingerprint density at radius 2 is 1.84 bits per heavy atom. The zero-order valence-electron chi connectivity index (χ0n) is 19.6. The molecule has 0 saturated carbocycles. The minimum absolute atomic E-state index is 0.0258. The number of benzene rings is 2. The Hall–Kier alpha value is -3.60. The number of amides is 3. The van der Waals surface area contributed by atoms with Crippen LogP contribution >= 0.6 is 15.9 Å². The summed E-state index contributed by atoms with van der Waals surface area (Å²) in [6.45, 7) is 4.01. The van der Waals surface area contributed by atoms with Crippen molar-refractivity contribution in [3.63, 3.8) is 0 Å². The average Bonchev–Trinajstić information content (AvgIpc) is 3.17. The van der Waals surface area contributed by atoms with Crippen molar-refractivity contribution in [2.24, 2.45) is 0 Å². The van der Waals surface area contributed by atoms with Crippen molar-refractivity contribution >= 4 is 44.6 Å². The van der Waals surface area contributed by atoms with Gasteiger partial charge >= 0.3 is 6.18 Å². The van der Waals surface area contributed by atoms with Gasteiger partial charge in [-0.25, -0.2) is 0 Å². The number of halogens is 4. The lowest BCUT2D eigenvalue weighted by Crippen LogP contribution is -2.61. The Labute approximate surface area is 219 Å². The molecule has 2 N–H and O–H groups in total. The smallest absolute Gasteiger partial charge is 0.348 e. The number of rotatable bonds is 8. The number of hydrogen-bond donors (Lipinski definition) is 2. The molecule has 1 aliphatic rings. The van der Waals surface area contributed by atoms with Crippen LogP contribution < -0.4 is 10.6 Å². The van der Waals surface area contributed by atoms with Crippen LogP contribution in [0.5, 0.6) is 0 Å². The molecule has 0 radical (unpaired) electrons. The van der Waals surface area contributed by atoms with E-state index in [9.17, 15) is 27.6 Å². The van der Waals surface area contributed by atoms with Crippen molar-refractivity contribution in [1.29, 1.82) is 0 Å². The number of carbonyl (C=O) groups is 3. The molecule has 0 bridgehead atoms. The maximum Gasteiger partial charge on any atom is 0.408 e. The fourth-order valence-electron chi connectivity index (χ4n) is 4.22. The van der Waals surface area contributed by atoms with E-state index in [1.165, 1.54) is 21.7 Å².